The number of carbonyl (C=O) groups is 3. The van der Waals surface area contributed by atoms with E-state index >= 15 is 0 Å². The summed E-state index contributed by atoms with van der Waals surface area (Å²) >= 11 is 1.18. The standard InChI is InChI=1S/C35H26N4O4S/c1-22-8-7-9-23(18-22)19-31-33(41)39(26-10-3-2-4-11-26)35(38-31)44-21-32(40)36-25-16-14-24(15-17-25)30-20-28(34(42)43)27-12-5-6-13-29(27)37-30/h2-20H,21H2,1H3,(H,36,40)(H,42,43)/b31-19-. The third kappa shape index (κ3) is 6.13. The number of para-hydroxylation sites is 2. The molecule has 9 heteroatoms. The van der Waals surface area contributed by atoms with Gasteiger partial charge in [-0.05, 0) is 55.0 Å². The van der Waals surface area contributed by atoms with E-state index in [1.807, 2.05) is 67.6 Å². The number of fused-ring (bicyclic) bond motifs is 1. The number of aromatic nitrogens is 1. The number of benzene rings is 4. The molecule has 4 aromatic carbocycles. The average Bonchev–Trinajstić information content (AvgIpc) is 3.34. The predicted octanol–water partition coefficient (Wildman–Crippen LogP) is 7.02. The minimum absolute atomic E-state index is 0.0309. The van der Waals surface area contributed by atoms with Gasteiger partial charge in [0.25, 0.3) is 5.91 Å². The SMILES string of the molecule is Cc1cccc(/C=C2\N=C(SCC(=O)Nc3ccc(-c4cc(C(=O)O)c5ccccc5n4)cc3)N(c3ccccc3)C2=O)c1. The van der Waals surface area contributed by atoms with Crippen LogP contribution in [0.25, 0.3) is 28.2 Å². The number of anilines is 2. The lowest BCUT2D eigenvalue weighted by molar-refractivity contribution is -0.114. The molecule has 6 rings (SSSR count). The highest BCUT2D eigenvalue weighted by Crippen LogP contribution is 2.30. The van der Waals surface area contributed by atoms with Gasteiger partial charge in [-0.3, -0.25) is 14.5 Å². The molecule has 0 radical (unpaired) electrons. The summed E-state index contributed by atoms with van der Waals surface area (Å²) in [4.78, 5) is 49.0. The molecule has 0 aliphatic carbocycles. The van der Waals surface area contributed by atoms with E-state index < -0.39 is 5.97 Å². The first-order chi connectivity index (χ1) is 21.4. The number of aromatic carboxylic acids is 1. The van der Waals surface area contributed by atoms with Crippen LogP contribution in [0, 0.1) is 6.92 Å². The largest absolute Gasteiger partial charge is 0.478 e. The van der Waals surface area contributed by atoms with Gasteiger partial charge in [0.05, 0.1) is 28.2 Å². The van der Waals surface area contributed by atoms with Crippen LogP contribution in [-0.4, -0.2) is 38.8 Å². The Kier molecular flexibility index (Phi) is 8.03. The minimum atomic E-state index is -1.02. The van der Waals surface area contributed by atoms with E-state index in [0.29, 0.717) is 38.8 Å². The van der Waals surface area contributed by atoms with Crippen molar-refractivity contribution in [3.63, 3.8) is 0 Å². The number of carbonyl (C=O) groups excluding carboxylic acids is 2. The van der Waals surface area contributed by atoms with E-state index in [0.717, 1.165) is 16.7 Å². The van der Waals surface area contributed by atoms with Gasteiger partial charge in [0.1, 0.15) is 5.70 Å². The van der Waals surface area contributed by atoms with Crippen molar-refractivity contribution < 1.29 is 19.5 Å². The molecule has 0 saturated heterocycles. The number of amides is 2. The Morgan fingerprint density at radius 3 is 2.41 bits per heavy atom. The molecule has 2 amide bonds. The van der Waals surface area contributed by atoms with Crippen LogP contribution in [0.1, 0.15) is 21.5 Å². The van der Waals surface area contributed by atoms with Gasteiger partial charge in [-0.1, -0.05) is 90.1 Å². The fraction of sp³-hybridized carbons (Fsp3) is 0.0571. The topological polar surface area (TPSA) is 112 Å². The molecular formula is C35H26N4O4S. The number of rotatable bonds is 7. The molecule has 2 N–H and O–H groups in total. The van der Waals surface area contributed by atoms with Crippen LogP contribution in [-0.2, 0) is 9.59 Å². The van der Waals surface area contributed by atoms with Crippen LogP contribution in [0.3, 0.4) is 0 Å². The summed E-state index contributed by atoms with van der Waals surface area (Å²) in [5, 5.41) is 13.6. The van der Waals surface area contributed by atoms with Gasteiger partial charge >= 0.3 is 5.97 Å². The number of carboxylic acids is 1. The quantitative estimate of drug-likeness (QED) is 0.195. The number of hydrogen-bond donors (Lipinski definition) is 2. The zero-order valence-electron chi connectivity index (χ0n) is 23.6. The lowest BCUT2D eigenvalue weighted by atomic mass is 10.0. The predicted molar refractivity (Wildman–Crippen MR) is 176 cm³/mol. The lowest BCUT2D eigenvalue weighted by Gasteiger charge is -2.17. The number of aliphatic imine (C=N–C) groups is 1. The zero-order valence-corrected chi connectivity index (χ0v) is 24.4. The van der Waals surface area contributed by atoms with E-state index in [4.69, 9.17) is 0 Å². The highest BCUT2D eigenvalue weighted by molar-refractivity contribution is 8.14. The normalized spacial score (nSPS) is 13.8. The Labute approximate surface area is 257 Å². The molecule has 44 heavy (non-hydrogen) atoms. The second-order valence-corrected chi connectivity index (χ2v) is 11.0. The molecule has 0 bridgehead atoms. The maximum Gasteiger partial charge on any atom is 0.336 e. The Morgan fingerprint density at radius 1 is 0.909 bits per heavy atom. The maximum atomic E-state index is 13.4. The van der Waals surface area contributed by atoms with Crippen molar-refractivity contribution in [2.45, 2.75) is 6.92 Å². The summed E-state index contributed by atoms with van der Waals surface area (Å²) in [6.07, 6.45) is 1.75. The second-order valence-electron chi connectivity index (χ2n) is 10.1. The van der Waals surface area contributed by atoms with Crippen molar-refractivity contribution in [3.05, 3.63) is 132 Å². The summed E-state index contributed by atoms with van der Waals surface area (Å²) in [5.74, 6) is -1.52. The summed E-state index contributed by atoms with van der Waals surface area (Å²) < 4.78 is 0. The number of thioether (sulfide) groups is 1. The Bertz CT molecular complexity index is 1970. The number of amidine groups is 1. The first-order valence-electron chi connectivity index (χ1n) is 13.8. The van der Waals surface area contributed by atoms with Crippen LogP contribution in [0.15, 0.2) is 120 Å². The number of hydrogen-bond acceptors (Lipinski definition) is 6. The highest BCUT2D eigenvalue weighted by atomic mass is 32.2. The van der Waals surface area contributed by atoms with Crippen molar-refractivity contribution in [3.8, 4) is 11.3 Å². The summed E-state index contributed by atoms with van der Waals surface area (Å²) in [5.41, 5.74) is 5.49. The molecule has 0 atom stereocenters. The molecular weight excluding hydrogens is 572 g/mol. The molecule has 0 unspecified atom stereocenters. The van der Waals surface area contributed by atoms with Gasteiger partial charge in [-0.15, -0.1) is 0 Å². The Hall–Kier alpha value is -5.54. The number of aryl methyl sites for hydroxylation is 1. The Morgan fingerprint density at radius 2 is 1.66 bits per heavy atom. The van der Waals surface area contributed by atoms with E-state index in [-0.39, 0.29) is 23.1 Å². The molecule has 1 aliphatic rings. The number of nitrogens with zero attached hydrogens (tertiary/aromatic N) is 3. The third-order valence-corrected chi connectivity index (χ3v) is 7.87. The van der Waals surface area contributed by atoms with Crippen LogP contribution in [0.2, 0.25) is 0 Å². The van der Waals surface area contributed by atoms with Crippen molar-refractivity contribution >= 4 is 63.1 Å². The number of carboxylic acid groups (broad SMARTS) is 1. The van der Waals surface area contributed by atoms with Crippen molar-refractivity contribution in [2.75, 3.05) is 16.0 Å². The fourth-order valence-corrected chi connectivity index (χ4v) is 5.68. The number of nitrogens with one attached hydrogen (secondary N) is 1. The van der Waals surface area contributed by atoms with Crippen LogP contribution >= 0.6 is 11.8 Å². The summed E-state index contributed by atoms with van der Waals surface area (Å²) in [7, 11) is 0. The molecule has 216 valence electrons. The van der Waals surface area contributed by atoms with Crippen LogP contribution < -0.4 is 10.2 Å². The van der Waals surface area contributed by atoms with Gasteiger partial charge in [0, 0.05) is 16.6 Å². The maximum absolute atomic E-state index is 13.4. The van der Waals surface area contributed by atoms with Gasteiger partial charge in [-0.25, -0.2) is 14.8 Å². The molecule has 0 spiro atoms. The smallest absolute Gasteiger partial charge is 0.336 e. The lowest BCUT2D eigenvalue weighted by Crippen LogP contribution is -2.31. The average molecular weight is 599 g/mol. The number of pyridine rings is 1. The van der Waals surface area contributed by atoms with Gasteiger partial charge in [-0.2, -0.15) is 0 Å². The van der Waals surface area contributed by atoms with Gasteiger partial charge in [0.2, 0.25) is 5.91 Å². The monoisotopic (exact) mass is 598 g/mol. The van der Waals surface area contributed by atoms with E-state index in [1.54, 1.807) is 54.6 Å². The fourth-order valence-electron chi connectivity index (χ4n) is 4.87. The molecule has 0 fully saturated rings. The van der Waals surface area contributed by atoms with E-state index in [1.165, 1.54) is 16.7 Å². The first kappa shape index (κ1) is 28.6. The van der Waals surface area contributed by atoms with E-state index in [9.17, 15) is 19.5 Å². The molecule has 1 aliphatic heterocycles. The van der Waals surface area contributed by atoms with E-state index in [2.05, 4.69) is 15.3 Å². The van der Waals surface area contributed by atoms with Gasteiger partial charge < -0.3 is 10.4 Å². The van der Waals surface area contributed by atoms with Gasteiger partial charge in [0.15, 0.2) is 5.17 Å². The Balaban J connectivity index is 1.17. The third-order valence-electron chi connectivity index (χ3n) is 6.93. The first-order valence-corrected chi connectivity index (χ1v) is 14.8. The second kappa shape index (κ2) is 12.4. The molecule has 0 saturated carbocycles. The highest BCUT2D eigenvalue weighted by Gasteiger charge is 2.32. The summed E-state index contributed by atoms with van der Waals surface area (Å²) in [6.45, 7) is 1.99. The van der Waals surface area contributed by atoms with Crippen molar-refractivity contribution in [1.82, 2.24) is 4.98 Å². The molecule has 8 nitrogen and oxygen atoms in total. The van der Waals surface area contributed by atoms with Crippen molar-refractivity contribution in [2.24, 2.45) is 4.99 Å². The molecule has 2 heterocycles. The van der Waals surface area contributed by atoms with Crippen molar-refractivity contribution in [1.29, 1.82) is 0 Å². The summed E-state index contributed by atoms with van der Waals surface area (Å²) in [6, 6.07) is 32.7. The molecule has 5 aromatic rings. The molecule has 1 aromatic heterocycles. The minimum Gasteiger partial charge on any atom is -0.478 e. The zero-order chi connectivity index (χ0) is 30.6. The van der Waals surface area contributed by atoms with Crippen LogP contribution in [0.4, 0.5) is 11.4 Å². The van der Waals surface area contributed by atoms with Crippen LogP contribution in [0.5, 0.6) is 0 Å².